The fourth-order valence-corrected chi connectivity index (χ4v) is 3.47. The van der Waals surface area contributed by atoms with Crippen LogP contribution in [0.2, 0.25) is 5.02 Å². The number of aliphatic carboxylic acids is 1. The van der Waals surface area contributed by atoms with Crippen molar-refractivity contribution in [2.24, 2.45) is 5.92 Å². The van der Waals surface area contributed by atoms with Crippen molar-refractivity contribution < 1.29 is 19.4 Å². The lowest BCUT2D eigenvalue weighted by molar-refractivity contribution is -0.140. The Kier molecular flexibility index (Phi) is 8.60. The van der Waals surface area contributed by atoms with Crippen LogP contribution in [0.5, 0.6) is 11.5 Å². The van der Waals surface area contributed by atoms with Crippen LogP contribution in [-0.2, 0) is 17.9 Å². The molecule has 0 aliphatic rings. The first kappa shape index (κ1) is 22.5. The minimum Gasteiger partial charge on any atom is -0.493 e. The Balaban J connectivity index is 2.09. The van der Waals surface area contributed by atoms with Gasteiger partial charge in [-0.2, -0.15) is 0 Å². The maximum atomic E-state index is 11.4. The van der Waals surface area contributed by atoms with Crippen LogP contribution in [0.25, 0.3) is 0 Å². The van der Waals surface area contributed by atoms with E-state index in [0.29, 0.717) is 42.0 Å². The molecule has 0 fully saturated rings. The Labute approximate surface area is 179 Å². The van der Waals surface area contributed by atoms with Crippen molar-refractivity contribution in [1.29, 1.82) is 0 Å². The van der Waals surface area contributed by atoms with Gasteiger partial charge in [-0.15, -0.1) is 0 Å². The van der Waals surface area contributed by atoms with Gasteiger partial charge in [0.25, 0.3) is 0 Å². The molecule has 0 saturated carbocycles. The third-order valence-electron chi connectivity index (χ3n) is 4.14. The number of halogens is 2. The Bertz CT molecular complexity index is 796. The second-order valence-electron chi connectivity index (χ2n) is 6.93. The van der Waals surface area contributed by atoms with Gasteiger partial charge in [0.15, 0.2) is 11.5 Å². The first-order valence-electron chi connectivity index (χ1n) is 9.00. The molecule has 0 aromatic heterocycles. The van der Waals surface area contributed by atoms with E-state index in [1.807, 2.05) is 50.2 Å². The molecule has 0 heterocycles. The molecular weight excluding hydrogens is 446 g/mol. The molecule has 28 heavy (non-hydrogen) atoms. The third kappa shape index (κ3) is 6.69. The monoisotopic (exact) mass is 469 g/mol. The Morgan fingerprint density at radius 2 is 1.89 bits per heavy atom. The molecular formula is C21H25BrClNO4. The smallest absolute Gasteiger partial charge is 0.320 e. The largest absolute Gasteiger partial charge is 0.493 e. The summed E-state index contributed by atoms with van der Waals surface area (Å²) in [6.07, 6.45) is 0.565. The van der Waals surface area contributed by atoms with Crippen LogP contribution in [0.3, 0.4) is 0 Å². The quantitative estimate of drug-likeness (QED) is 0.494. The van der Waals surface area contributed by atoms with Crippen LogP contribution >= 0.6 is 27.5 Å². The molecule has 2 aromatic rings. The molecule has 2 N–H and O–H groups in total. The number of methoxy groups -OCH3 is 1. The number of carbonyl (C=O) groups is 1. The molecule has 7 heteroatoms. The van der Waals surface area contributed by atoms with Crippen LogP contribution in [0.1, 0.15) is 31.4 Å². The van der Waals surface area contributed by atoms with Crippen LogP contribution in [0.4, 0.5) is 0 Å². The molecule has 0 saturated heterocycles. The Hall–Kier alpha value is -1.76. The Morgan fingerprint density at radius 1 is 1.21 bits per heavy atom. The average Bonchev–Trinajstić information content (AvgIpc) is 2.64. The van der Waals surface area contributed by atoms with Gasteiger partial charge in [0.1, 0.15) is 12.6 Å². The summed E-state index contributed by atoms with van der Waals surface area (Å²) in [5.41, 5.74) is 1.89. The van der Waals surface area contributed by atoms with E-state index in [1.165, 1.54) is 0 Å². The van der Waals surface area contributed by atoms with E-state index in [4.69, 9.17) is 21.1 Å². The number of carboxylic acids is 1. The second kappa shape index (κ2) is 10.7. The summed E-state index contributed by atoms with van der Waals surface area (Å²) in [4.78, 5) is 11.4. The lowest BCUT2D eigenvalue weighted by Crippen LogP contribution is -2.37. The summed E-state index contributed by atoms with van der Waals surface area (Å²) in [6.45, 7) is 4.80. The summed E-state index contributed by atoms with van der Waals surface area (Å²) in [6, 6.07) is 10.6. The predicted molar refractivity (Wildman–Crippen MR) is 114 cm³/mol. The second-order valence-corrected chi connectivity index (χ2v) is 8.22. The number of nitrogens with one attached hydrogen (secondary N) is 1. The molecule has 2 aromatic carbocycles. The molecule has 5 nitrogen and oxygen atoms in total. The molecule has 0 radical (unpaired) electrons. The number of hydrogen-bond donors (Lipinski definition) is 2. The van der Waals surface area contributed by atoms with E-state index in [0.717, 1.165) is 15.6 Å². The van der Waals surface area contributed by atoms with Crippen molar-refractivity contribution in [2.45, 2.75) is 39.5 Å². The molecule has 2 rings (SSSR count). The summed E-state index contributed by atoms with van der Waals surface area (Å²) < 4.78 is 12.1. The van der Waals surface area contributed by atoms with Crippen molar-refractivity contribution in [2.75, 3.05) is 7.11 Å². The van der Waals surface area contributed by atoms with Crippen LogP contribution in [-0.4, -0.2) is 24.2 Å². The fraction of sp³-hybridized carbons (Fsp3) is 0.381. The first-order valence-corrected chi connectivity index (χ1v) is 10.2. The van der Waals surface area contributed by atoms with Crippen LogP contribution < -0.4 is 14.8 Å². The van der Waals surface area contributed by atoms with Gasteiger partial charge < -0.3 is 19.9 Å². The van der Waals surface area contributed by atoms with Crippen LogP contribution in [0, 0.1) is 5.92 Å². The molecule has 0 bridgehead atoms. The predicted octanol–water partition coefficient (Wildman–Crippen LogP) is 5.28. The third-order valence-corrected chi connectivity index (χ3v) is 4.98. The number of benzene rings is 2. The lowest BCUT2D eigenvalue weighted by atomic mass is 10.0. The van der Waals surface area contributed by atoms with Crippen LogP contribution in [0.15, 0.2) is 40.9 Å². The molecule has 0 aliphatic carbocycles. The molecule has 1 unspecified atom stereocenters. The summed E-state index contributed by atoms with van der Waals surface area (Å²) in [7, 11) is 1.58. The molecule has 152 valence electrons. The van der Waals surface area contributed by atoms with Gasteiger partial charge in [-0.1, -0.05) is 37.6 Å². The van der Waals surface area contributed by atoms with Gasteiger partial charge in [0.2, 0.25) is 0 Å². The summed E-state index contributed by atoms with van der Waals surface area (Å²) in [5.74, 6) is 0.621. The molecule has 0 aliphatic heterocycles. The summed E-state index contributed by atoms with van der Waals surface area (Å²) in [5, 5.41) is 13.1. The normalized spacial score (nSPS) is 12.1. The molecule has 1 atom stereocenters. The number of hydrogen-bond acceptors (Lipinski definition) is 4. The minimum absolute atomic E-state index is 0.290. The van der Waals surface area contributed by atoms with Gasteiger partial charge in [-0.05, 0) is 63.7 Å². The number of ether oxygens (including phenoxy) is 2. The van der Waals surface area contributed by atoms with Gasteiger partial charge in [-0.3, -0.25) is 4.79 Å². The Morgan fingerprint density at radius 3 is 2.46 bits per heavy atom. The maximum absolute atomic E-state index is 11.4. The highest BCUT2D eigenvalue weighted by Crippen LogP contribution is 2.37. The summed E-state index contributed by atoms with van der Waals surface area (Å²) >= 11 is 9.44. The highest BCUT2D eigenvalue weighted by molar-refractivity contribution is 9.10. The highest BCUT2D eigenvalue weighted by atomic mass is 79.9. The van der Waals surface area contributed by atoms with Crippen molar-refractivity contribution in [3.63, 3.8) is 0 Å². The van der Waals surface area contributed by atoms with E-state index in [2.05, 4.69) is 21.2 Å². The fourth-order valence-electron chi connectivity index (χ4n) is 2.74. The molecule has 0 spiro atoms. The van der Waals surface area contributed by atoms with E-state index >= 15 is 0 Å². The zero-order chi connectivity index (χ0) is 20.7. The van der Waals surface area contributed by atoms with E-state index in [-0.39, 0.29) is 0 Å². The highest BCUT2D eigenvalue weighted by Gasteiger charge is 2.19. The maximum Gasteiger partial charge on any atom is 0.320 e. The zero-order valence-electron chi connectivity index (χ0n) is 16.2. The van der Waals surface area contributed by atoms with E-state index < -0.39 is 12.0 Å². The first-order chi connectivity index (χ1) is 13.3. The zero-order valence-corrected chi connectivity index (χ0v) is 18.5. The van der Waals surface area contributed by atoms with Crippen molar-refractivity contribution in [3.05, 3.63) is 57.0 Å². The topological polar surface area (TPSA) is 67.8 Å². The van der Waals surface area contributed by atoms with Crippen molar-refractivity contribution >= 4 is 33.5 Å². The molecule has 0 amide bonds. The van der Waals surface area contributed by atoms with Gasteiger partial charge >= 0.3 is 5.97 Å². The van der Waals surface area contributed by atoms with E-state index in [9.17, 15) is 9.90 Å². The number of carboxylic acid groups (broad SMARTS) is 1. The van der Waals surface area contributed by atoms with Gasteiger partial charge in [-0.25, -0.2) is 0 Å². The van der Waals surface area contributed by atoms with Gasteiger partial charge in [0.05, 0.1) is 11.6 Å². The van der Waals surface area contributed by atoms with Crippen molar-refractivity contribution in [1.82, 2.24) is 5.32 Å². The van der Waals surface area contributed by atoms with Gasteiger partial charge in [0, 0.05) is 11.6 Å². The number of rotatable bonds is 10. The lowest BCUT2D eigenvalue weighted by Gasteiger charge is -2.18. The van der Waals surface area contributed by atoms with Crippen molar-refractivity contribution in [3.8, 4) is 11.5 Å². The minimum atomic E-state index is -0.845. The SMILES string of the molecule is COc1cc(CNC(CC(C)C)C(=O)O)cc(Br)c1OCc1ccc(Cl)cc1. The van der Waals surface area contributed by atoms with E-state index in [1.54, 1.807) is 7.11 Å². The average molecular weight is 471 g/mol. The standard InChI is InChI=1S/C21H25BrClNO4/c1-13(2)8-18(21(25)26)24-11-15-9-17(22)20(19(10-15)27-3)28-12-14-4-6-16(23)7-5-14/h4-7,9-10,13,18,24H,8,11-12H2,1-3H3,(H,25,26).